The van der Waals surface area contributed by atoms with Gasteiger partial charge < -0.3 is 5.73 Å². The van der Waals surface area contributed by atoms with Crippen LogP contribution in [-0.2, 0) is 0 Å². The zero-order valence-electron chi connectivity index (χ0n) is 10.1. The first kappa shape index (κ1) is 11.7. The Hall–Kier alpha value is 0.270. The van der Waals surface area contributed by atoms with E-state index in [0.717, 1.165) is 6.54 Å². The number of hydrogen-bond acceptors (Lipinski definition) is 3. The summed E-state index contributed by atoms with van der Waals surface area (Å²) < 4.78 is 0. The summed E-state index contributed by atoms with van der Waals surface area (Å²) in [6, 6.07) is 0. The highest BCUT2D eigenvalue weighted by Crippen LogP contribution is 2.46. The van der Waals surface area contributed by atoms with Gasteiger partial charge in [-0.3, -0.25) is 4.90 Å². The van der Waals surface area contributed by atoms with Gasteiger partial charge in [-0.1, -0.05) is 13.8 Å². The van der Waals surface area contributed by atoms with Crippen molar-refractivity contribution >= 4 is 11.8 Å². The van der Waals surface area contributed by atoms with Crippen molar-refractivity contribution < 1.29 is 0 Å². The molecule has 2 fully saturated rings. The molecule has 2 heterocycles. The van der Waals surface area contributed by atoms with Crippen molar-refractivity contribution in [2.24, 2.45) is 11.1 Å². The molecule has 0 spiro atoms. The van der Waals surface area contributed by atoms with Crippen LogP contribution in [0.5, 0.6) is 0 Å². The molecule has 2 aliphatic heterocycles. The molecule has 3 heteroatoms. The highest BCUT2D eigenvalue weighted by atomic mass is 32.2. The van der Waals surface area contributed by atoms with Gasteiger partial charge in [0.25, 0.3) is 0 Å². The Labute approximate surface area is 98.0 Å². The van der Waals surface area contributed by atoms with Crippen molar-refractivity contribution in [3.63, 3.8) is 0 Å². The van der Waals surface area contributed by atoms with Crippen LogP contribution in [0.3, 0.4) is 0 Å². The zero-order valence-corrected chi connectivity index (χ0v) is 10.9. The molecule has 1 unspecified atom stereocenters. The van der Waals surface area contributed by atoms with Crippen LogP contribution in [0.4, 0.5) is 0 Å². The average molecular weight is 228 g/mol. The van der Waals surface area contributed by atoms with Crippen LogP contribution in [0.15, 0.2) is 0 Å². The van der Waals surface area contributed by atoms with Crippen LogP contribution < -0.4 is 5.73 Å². The number of nitrogens with two attached hydrogens (primary N) is 1. The molecule has 2 saturated heterocycles. The predicted molar refractivity (Wildman–Crippen MR) is 68.3 cm³/mol. The van der Waals surface area contributed by atoms with E-state index in [0.29, 0.717) is 5.41 Å². The lowest BCUT2D eigenvalue weighted by Crippen LogP contribution is -2.65. The summed E-state index contributed by atoms with van der Waals surface area (Å²) >= 11 is 2.09. The van der Waals surface area contributed by atoms with Gasteiger partial charge in [-0.15, -0.1) is 0 Å². The van der Waals surface area contributed by atoms with Gasteiger partial charge in [-0.2, -0.15) is 11.8 Å². The molecule has 0 aromatic heterocycles. The summed E-state index contributed by atoms with van der Waals surface area (Å²) in [5, 5.41) is 0. The maximum Gasteiger partial charge on any atom is 0.0472 e. The molecule has 1 atom stereocenters. The van der Waals surface area contributed by atoms with Crippen LogP contribution in [0.2, 0.25) is 0 Å². The molecule has 0 aromatic carbocycles. The summed E-state index contributed by atoms with van der Waals surface area (Å²) in [7, 11) is 0. The lowest BCUT2D eigenvalue weighted by atomic mass is 9.70. The van der Waals surface area contributed by atoms with E-state index in [1.54, 1.807) is 0 Å². The second kappa shape index (κ2) is 4.27. The van der Waals surface area contributed by atoms with Crippen LogP contribution in [0, 0.1) is 5.41 Å². The molecular weight excluding hydrogens is 204 g/mol. The first-order valence-corrected chi connectivity index (χ1v) is 7.31. The minimum Gasteiger partial charge on any atom is -0.329 e. The topological polar surface area (TPSA) is 29.3 Å². The summed E-state index contributed by atoms with van der Waals surface area (Å²) in [4.78, 5) is 2.68. The van der Waals surface area contributed by atoms with Crippen molar-refractivity contribution in [1.29, 1.82) is 0 Å². The van der Waals surface area contributed by atoms with Crippen molar-refractivity contribution in [3.05, 3.63) is 0 Å². The van der Waals surface area contributed by atoms with Crippen LogP contribution in [0.1, 0.15) is 33.1 Å². The fraction of sp³-hybridized carbons (Fsp3) is 1.00. The molecule has 0 radical (unpaired) electrons. The number of rotatable bonds is 2. The second-order valence-electron chi connectivity index (χ2n) is 5.62. The lowest BCUT2D eigenvalue weighted by molar-refractivity contribution is 0.0185. The zero-order chi connectivity index (χ0) is 10.9. The maximum atomic E-state index is 6.14. The van der Waals surface area contributed by atoms with E-state index in [-0.39, 0.29) is 5.54 Å². The van der Waals surface area contributed by atoms with Gasteiger partial charge in [-0.05, 0) is 43.5 Å². The number of likely N-dealkylation sites (tertiary alicyclic amines) is 1. The van der Waals surface area contributed by atoms with E-state index in [1.807, 2.05) is 0 Å². The summed E-state index contributed by atoms with van der Waals surface area (Å²) in [6.45, 7) is 8.19. The van der Waals surface area contributed by atoms with Gasteiger partial charge in [0.15, 0.2) is 0 Å². The van der Waals surface area contributed by atoms with E-state index in [9.17, 15) is 0 Å². The monoisotopic (exact) mass is 228 g/mol. The molecule has 0 amide bonds. The van der Waals surface area contributed by atoms with Crippen LogP contribution in [0.25, 0.3) is 0 Å². The van der Waals surface area contributed by atoms with E-state index in [4.69, 9.17) is 5.73 Å². The Kier molecular flexibility index (Phi) is 3.34. The highest BCUT2D eigenvalue weighted by Gasteiger charge is 2.50. The second-order valence-corrected chi connectivity index (χ2v) is 6.72. The molecular formula is C12H24N2S. The standard InChI is InChI=1S/C12H24N2S/c1-11(2)5-8-15-10-12(11,9-13)14-6-3-4-7-14/h3-10,13H2,1-2H3. The third-order valence-corrected chi connectivity index (χ3v) is 5.70. The van der Waals surface area contributed by atoms with Crippen molar-refractivity contribution in [2.45, 2.75) is 38.6 Å². The third kappa shape index (κ3) is 1.83. The normalized spacial score (nSPS) is 37.0. The predicted octanol–water partition coefficient (Wildman–Crippen LogP) is 1.94. The van der Waals surface area contributed by atoms with E-state index < -0.39 is 0 Å². The summed E-state index contributed by atoms with van der Waals surface area (Å²) in [5.74, 6) is 2.54. The first-order valence-electron chi connectivity index (χ1n) is 6.15. The molecule has 2 N–H and O–H groups in total. The van der Waals surface area contributed by atoms with Crippen LogP contribution in [-0.4, -0.2) is 41.6 Å². The first-order chi connectivity index (χ1) is 7.12. The average Bonchev–Trinajstić information content (AvgIpc) is 2.71. The quantitative estimate of drug-likeness (QED) is 0.783. The molecule has 2 rings (SSSR count). The Morgan fingerprint density at radius 1 is 1.27 bits per heavy atom. The molecule has 0 aromatic rings. The van der Waals surface area contributed by atoms with Gasteiger partial charge in [0, 0.05) is 17.8 Å². The fourth-order valence-corrected chi connectivity index (χ4v) is 4.95. The van der Waals surface area contributed by atoms with Gasteiger partial charge >= 0.3 is 0 Å². The molecule has 0 aliphatic carbocycles. The Balaban J connectivity index is 2.23. The van der Waals surface area contributed by atoms with Gasteiger partial charge in [0.2, 0.25) is 0 Å². The summed E-state index contributed by atoms with van der Waals surface area (Å²) in [6.07, 6.45) is 4.04. The van der Waals surface area contributed by atoms with Gasteiger partial charge in [0.05, 0.1) is 0 Å². The number of nitrogens with zero attached hydrogens (tertiary/aromatic N) is 1. The van der Waals surface area contributed by atoms with E-state index in [2.05, 4.69) is 30.5 Å². The molecule has 0 bridgehead atoms. The Morgan fingerprint density at radius 3 is 2.47 bits per heavy atom. The Morgan fingerprint density at radius 2 is 1.93 bits per heavy atom. The molecule has 0 saturated carbocycles. The van der Waals surface area contributed by atoms with Crippen molar-refractivity contribution in [1.82, 2.24) is 4.90 Å². The van der Waals surface area contributed by atoms with Crippen molar-refractivity contribution in [2.75, 3.05) is 31.1 Å². The summed E-state index contributed by atoms with van der Waals surface area (Å²) in [5.41, 5.74) is 6.80. The highest BCUT2D eigenvalue weighted by molar-refractivity contribution is 7.99. The number of hydrogen-bond donors (Lipinski definition) is 1. The van der Waals surface area contributed by atoms with Gasteiger partial charge in [0.1, 0.15) is 0 Å². The minimum atomic E-state index is 0.270. The molecule has 15 heavy (non-hydrogen) atoms. The Bertz CT molecular complexity index is 224. The maximum absolute atomic E-state index is 6.14. The third-order valence-electron chi connectivity index (χ3n) is 4.52. The van der Waals surface area contributed by atoms with Crippen molar-refractivity contribution in [3.8, 4) is 0 Å². The molecule has 2 nitrogen and oxygen atoms in total. The van der Waals surface area contributed by atoms with Gasteiger partial charge in [-0.25, -0.2) is 0 Å². The lowest BCUT2D eigenvalue weighted by Gasteiger charge is -2.54. The van der Waals surface area contributed by atoms with E-state index >= 15 is 0 Å². The smallest absolute Gasteiger partial charge is 0.0472 e. The fourth-order valence-electron chi connectivity index (χ4n) is 3.13. The molecule has 88 valence electrons. The van der Waals surface area contributed by atoms with Crippen LogP contribution >= 0.6 is 11.8 Å². The SMILES string of the molecule is CC1(C)CCSCC1(CN)N1CCCC1. The largest absolute Gasteiger partial charge is 0.329 e. The molecule has 2 aliphatic rings. The minimum absolute atomic E-state index is 0.270. The van der Waals surface area contributed by atoms with E-state index in [1.165, 1.54) is 43.9 Å². The number of thioether (sulfide) groups is 1.